The third-order valence-corrected chi connectivity index (χ3v) is 2.47. The number of alkyl halides is 3. The van der Waals surface area contributed by atoms with Crippen LogP contribution in [-0.2, 0) is 4.79 Å². The molecule has 21 heavy (non-hydrogen) atoms. The molecule has 0 bridgehead atoms. The lowest BCUT2D eigenvalue weighted by Crippen LogP contribution is -2.43. The van der Waals surface area contributed by atoms with Gasteiger partial charge in [0, 0.05) is 5.56 Å². The summed E-state index contributed by atoms with van der Waals surface area (Å²) in [6.45, 7) is 2.20. The lowest BCUT2D eigenvalue weighted by Gasteiger charge is -2.16. The summed E-state index contributed by atoms with van der Waals surface area (Å²) in [5.41, 5.74) is 0.0480. The number of carboxylic acids is 1. The third kappa shape index (κ3) is 5.72. The molecule has 5 nitrogen and oxygen atoms in total. The minimum atomic E-state index is -4.69. The van der Waals surface area contributed by atoms with E-state index in [-0.39, 0.29) is 5.56 Å². The summed E-state index contributed by atoms with van der Waals surface area (Å²) in [6.07, 6.45) is -6.32. The molecule has 0 saturated carbocycles. The van der Waals surface area contributed by atoms with E-state index in [1.54, 1.807) is 6.92 Å². The second-order valence-corrected chi connectivity index (χ2v) is 4.14. The Kier molecular flexibility index (Phi) is 5.57. The highest BCUT2D eigenvalue weighted by Crippen LogP contribution is 2.22. The van der Waals surface area contributed by atoms with Crippen LogP contribution < -0.4 is 10.1 Å². The number of nitrogens with one attached hydrogen (secondary N) is 1. The SMILES string of the molecule is CCOc1ccc(C(=O)NC(CC(F)(F)F)C(=O)O)cc1. The predicted molar refractivity (Wildman–Crippen MR) is 67.2 cm³/mol. The van der Waals surface area contributed by atoms with Crippen molar-refractivity contribution < 1.29 is 32.6 Å². The minimum absolute atomic E-state index is 0.0480. The third-order valence-electron chi connectivity index (χ3n) is 2.47. The van der Waals surface area contributed by atoms with Crippen molar-refractivity contribution in [3.8, 4) is 5.75 Å². The van der Waals surface area contributed by atoms with Gasteiger partial charge in [0.1, 0.15) is 11.8 Å². The van der Waals surface area contributed by atoms with Gasteiger partial charge in [-0.1, -0.05) is 0 Å². The zero-order valence-electron chi connectivity index (χ0n) is 11.1. The Morgan fingerprint density at radius 2 is 1.86 bits per heavy atom. The standard InChI is InChI=1S/C13H14F3NO4/c1-2-21-9-5-3-8(4-6-9)11(18)17-10(12(19)20)7-13(14,15)16/h3-6,10H,2,7H2,1H3,(H,17,18)(H,19,20). The number of amides is 1. The first kappa shape index (κ1) is 16.8. The van der Waals surface area contributed by atoms with Crippen LogP contribution in [0.2, 0.25) is 0 Å². The zero-order chi connectivity index (χ0) is 16.0. The number of benzene rings is 1. The van der Waals surface area contributed by atoms with Gasteiger partial charge in [0.25, 0.3) is 5.91 Å². The maximum absolute atomic E-state index is 12.2. The molecule has 0 aromatic heterocycles. The molecule has 0 spiro atoms. The van der Waals surface area contributed by atoms with Crippen molar-refractivity contribution >= 4 is 11.9 Å². The smallest absolute Gasteiger partial charge is 0.391 e. The Morgan fingerprint density at radius 3 is 2.29 bits per heavy atom. The van der Waals surface area contributed by atoms with Crippen LogP contribution in [-0.4, -0.2) is 35.8 Å². The Hall–Kier alpha value is -2.25. The zero-order valence-corrected chi connectivity index (χ0v) is 11.1. The Bertz CT molecular complexity index is 499. The van der Waals surface area contributed by atoms with E-state index < -0.39 is 30.5 Å². The Morgan fingerprint density at radius 1 is 1.29 bits per heavy atom. The highest BCUT2D eigenvalue weighted by molar-refractivity contribution is 5.96. The van der Waals surface area contributed by atoms with Crippen molar-refractivity contribution in [1.29, 1.82) is 0 Å². The molecule has 8 heteroatoms. The van der Waals surface area contributed by atoms with Crippen LogP contribution in [0, 0.1) is 0 Å². The van der Waals surface area contributed by atoms with Gasteiger partial charge in [0.15, 0.2) is 0 Å². The molecule has 0 aliphatic heterocycles. The van der Waals surface area contributed by atoms with Crippen LogP contribution in [0.4, 0.5) is 13.2 Å². The minimum Gasteiger partial charge on any atom is -0.494 e. The van der Waals surface area contributed by atoms with E-state index in [0.717, 1.165) is 0 Å². The Labute approximate surface area is 118 Å². The Balaban J connectivity index is 2.75. The fourth-order valence-electron chi connectivity index (χ4n) is 1.54. The highest BCUT2D eigenvalue weighted by atomic mass is 19.4. The van der Waals surface area contributed by atoms with Gasteiger partial charge in [-0.25, -0.2) is 4.79 Å². The van der Waals surface area contributed by atoms with Gasteiger partial charge in [-0.3, -0.25) is 4.79 Å². The summed E-state index contributed by atoms with van der Waals surface area (Å²) < 4.78 is 41.8. The van der Waals surface area contributed by atoms with Gasteiger partial charge < -0.3 is 15.2 Å². The van der Waals surface area contributed by atoms with Crippen LogP contribution in [0.3, 0.4) is 0 Å². The summed E-state index contributed by atoms with van der Waals surface area (Å²) in [4.78, 5) is 22.5. The van der Waals surface area contributed by atoms with Gasteiger partial charge in [-0.15, -0.1) is 0 Å². The van der Waals surface area contributed by atoms with E-state index >= 15 is 0 Å². The molecule has 1 atom stereocenters. The summed E-state index contributed by atoms with van der Waals surface area (Å²) in [7, 11) is 0. The largest absolute Gasteiger partial charge is 0.494 e. The summed E-state index contributed by atoms with van der Waals surface area (Å²) in [5.74, 6) is -2.14. The molecule has 0 aliphatic carbocycles. The van der Waals surface area contributed by atoms with E-state index in [9.17, 15) is 22.8 Å². The number of carbonyl (C=O) groups excluding carboxylic acids is 1. The molecular formula is C13H14F3NO4. The number of rotatable bonds is 6. The number of halogens is 3. The summed E-state index contributed by atoms with van der Waals surface area (Å²) in [6, 6.07) is 3.60. The molecule has 2 N–H and O–H groups in total. The molecule has 1 amide bonds. The van der Waals surface area contributed by atoms with E-state index in [1.807, 2.05) is 5.32 Å². The molecule has 0 heterocycles. The number of hydrogen-bond donors (Lipinski definition) is 2. The molecule has 1 aromatic carbocycles. The van der Waals surface area contributed by atoms with Gasteiger partial charge >= 0.3 is 12.1 Å². The van der Waals surface area contributed by atoms with Crippen LogP contribution in [0.15, 0.2) is 24.3 Å². The lowest BCUT2D eigenvalue weighted by molar-refractivity contribution is -0.157. The van der Waals surface area contributed by atoms with Crippen molar-refractivity contribution in [2.24, 2.45) is 0 Å². The number of carbonyl (C=O) groups is 2. The van der Waals surface area contributed by atoms with Crippen molar-refractivity contribution in [3.05, 3.63) is 29.8 Å². The average Bonchev–Trinajstić information content (AvgIpc) is 2.37. The number of aliphatic carboxylic acids is 1. The number of carboxylic acid groups (broad SMARTS) is 1. The molecule has 0 radical (unpaired) electrons. The van der Waals surface area contributed by atoms with Crippen LogP contribution in [0.25, 0.3) is 0 Å². The molecule has 116 valence electrons. The first-order valence-corrected chi connectivity index (χ1v) is 6.06. The van der Waals surface area contributed by atoms with Crippen molar-refractivity contribution in [2.45, 2.75) is 25.6 Å². The quantitative estimate of drug-likeness (QED) is 0.845. The van der Waals surface area contributed by atoms with E-state index in [4.69, 9.17) is 9.84 Å². The lowest BCUT2D eigenvalue weighted by atomic mass is 10.1. The average molecular weight is 305 g/mol. The van der Waals surface area contributed by atoms with E-state index in [2.05, 4.69) is 0 Å². The fraction of sp³-hybridized carbons (Fsp3) is 0.385. The van der Waals surface area contributed by atoms with Gasteiger partial charge in [0.2, 0.25) is 0 Å². The first-order chi connectivity index (χ1) is 9.73. The summed E-state index contributed by atoms with van der Waals surface area (Å²) >= 11 is 0. The highest BCUT2D eigenvalue weighted by Gasteiger charge is 2.36. The molecule has 0 fully saturated rings. The molecular weight excluding hydrogens is 291 g/mol. The fourth-order valence-corrected chi connectivity index (χ4v) is 1.54. The molecule has 1 unspecified atom stereocenters. The van der Waals surface area contributed by atoms with Gasteiger partial charge in [-0.05, 0) is 31.2 Å². The predicted octanol–water partition coefficient (Wildman–Crippen LogP) is 2.22. The van der Waals surface area contributed by atoms with Crippen LogP contribution >= 0.6 is 0 Å². The molecule has 0 aliphatic rings. The van der Waals surface area contributed by atoms with Crippen LogP contribution in [0.5, 0.6) is 5.75 Å². The number of hydrogen-bond acceptors (Lipinski definition) is 3. The summed E-state index contributed by atoms with van der Waals surface area (Å²) in [5, 5.41) is 10.6. The second-order valence-electron chi connectivity index (χ2n) is 4.14. The maximum Gasteiger partial charge on any atom is 0.391 e. The molecule has 0 saturated heterocycles. The van der Waals surface area contributed by atoms with Crippen molar-refractivity contribution in [1.82, 2.24) is 5.32 Å². The van der Waals surface area contributed by atoms with Crippen molar-refractivity contribution in [3.63, 3.8) is 0 Å². The monoisotopic (exact) mass is 305 g/mol. The second kappa shape index (κ2) is 6.96. The first-order valence-electron chi connectivity index (χ1n) is 6.06. The number of ether oxygens (including phenoxy) is 1. The van der Waals surface area contributed by atoms with Crippen LogP contribution in [0.1, 0.15) is 23.7 Å². The maximum atomic E-state index is 12.2. The topological polar surface area (TPSA) is 75.6 Å². The molecule has 1 rings (SSSR count). The molecule has 1 aromatic rings. The van der Waals surface area contributed by atoms with Crippen molar-refractivity contribution in [2.75, 3.05) is 6.61 Å². The van der Waals surface area contributed by atoms with E-state index in [1.165, 1.54) is 24.3 Å². The van der Waals surface area contributed by atoms with Gasteiger partial charge in [-0.2, -0.15) is 13.2 Å². The normalized spacial score (nSPS) is 12.6. The van der Waals surface area contributed by atoms with E-state index in [0.29, 0.717) is 12.4 Å². The van der Waals surface area contributed by atoms with Gasteiger partial charge in [0.05, 0.1) is 13.0 Å².